The lowest BCUT2D eigenvalue weighted by Crippen LogP contribution is -1.90. The van der Waals surface area contributed by atoms with E-state index in [1.165, 1.54) is 0 Å². The third-order valence-electron chi connectivity index (χ3n) is 2.39. The Bertz CT molecular complexity index is 385. The average molecular weight is 214 g/mol. The molecule has 0 amide bonds. The van der Waals surface area contributed by atoms with E-state index in [1.807, 2.05) is 49.4 Å². The van der Waals surface area contributed by atoms with E-state index in [4.69, 9.17) is 0 Å². The van der Waals surface area contributed by atoms with E-state index < -0.39 is 0 Å². The minimum absolute atomic E-state index is 0.189. The molecule has 0 aliphatic heterocycles. The molecular formula is C15H18O. The second-order valence-electron chi connectivity index (χ2n) is 3.64. The fraction of sp³-hybridized carbons (Fsp3) is 0.267. The van der Waals surface area contributed by atoms with Crippen molar-refractivity contribution in [3.8, 4) is 0 Å². The fourth-order valence-corrected chi connectivity index (χ4v) is 1.34. The quantitative estimate of drug-likeness (QED) is 0.534. The standard InChI is InChI=1S/C15H18O/c1-3-13(12-15(16)4-2)10-11-14-8-6-5-7-9-14/h5-12H,3-4H2,1-2H3/b11-10+,13-12+. The van der Waals surface area contributed by atoms with Gasteiger partial charge < -0.3 is 0 Å². The van der Waals surface area contributed by atoms with Crippen LogP contribution in [0.4, 0.5) is 0 Å². The highest BCUT2D eigenvalue weighted by molar-refractivity contribution is 5.90. The Balaban J connectivity index is 2.74. The predicted molar refractivity (Wildman–Crippen MR) is 69.1 cm³/mol. The van der Waals surface area contributed by atoms with Gasteiger partial charge in [-0.05, 0) is 23.6 Å². The lowest BCUT2D eigenvalue weighted by Gasteiger charge is -1.97. The van der Waals surface area contributed by atoms with Crippen LogP contribution in [0, 0.1) is 0 Å². The smallest absolute Gasteiger partial charge is 0.155 e. The number of hydrogen-bond donors (Lipinski definition) is 0. The van der Waals surface area contributed by atoms with E-state index in [2.05, 4.69) is 6.92 Å². The molecule has 84 valence electrons. The van der Waals surface area contributed by atoms with Gasteiger partial charge in [-0.1, -0.05) is 56.3 Å². The maximum absolute atomic E-state index is 11.3. The van der Waals surface area contributed by atoms with Crippen molar-refractivity contribution in [2.24, 2.45) is 0 Å². The number of hydrogen-bond acceptors (Lipinski definition) is 1. The molecule has 0 aliphatic carbocycles. The minimum Gasteiger partial charge on any atom is -0.295 e. The largest absolute Gasteiger partial charge is 0.295 e. The van der Waals surface area contributed by atoms with E-state index in [0.29, 0.717) is 6.42 Å². The van der Waals surface area contributed by atoms with Crippen molar-refractivity contribution >= 4 is 11.9 Å². The zero-order chi connectivity index (χ0) is 11.8. The van der Waals surface area contributed by atoms with Gasteiger partial charge in [-0.3, -0.25) is 4.79 Å². The van der Waals surface area contributed by atoms with Crippen LogP contribution in [0.5, 0.6) is 0 Å². The van der Waals surface area contributed by atoms with Crippen molar-refractivity contribution < 1.29 is 4.79 Å². The molecule has 0 spiro atoms. The molecule has 1 aromatic rings. The van der Waals surface area contributed by atoms with Crippen LogP contribution in [0.3, 0.4) is 0 Å². The van der Waals surface area contributed by atoms with E-state index >= 15 is 0 Å². The Morgan fingerprint density at radius 1 is 1.12 bits per heavy atom. The average Bonchev–Trinajstić information content (AvgIpc) is 2.35. The fourth-order valence-electron chi connectivity index (χ4n) is 1.34. The van der Waals surface area contributed by atoms with Crippen molar-refractivity contribution in [3.05, 3.63) is 53.6 Å². The Labute approximate surface area is 97.5 Å². The highest BCUT2D eigenvalue weighted by Gasteiger charge is 1.94. The Hall–Kier alpha value is -1.63. The number of benzene rings is 1. The Morgan fingerprint density at radius 3 is 2.38 bits per heavy atom. The summed E-state index contributed by atoms with van der Waals surface area (Å²) in [6.45, 7) is 3.94. The first kappa shape index (κ1) is 12.4. The normalized spacial score (nSPS) is 12.0. The molecule has 0 atom stereocenters. The van der Waals surface area contributed by atoms with Crippen LogP contribution in [0.1, 0.15) is 32.3 Å². The summed E-state index contributed by atoms with van der Waals surface area (Å²) in [5, 5.41) is 0. The third-order valence-corrected chi connectivity index (χ3v) is 2.39. The van der Waals surface area contributed by atoms with E-state index in [0.717, 1.165) is 17.6 Å². The monoisotopic (exact) mass is 214 g/mol. The van der Waals surface area contributed by atoms with Gasteiger partial charge in [0.2, 0.25) is 0 Å². The highest BCUT2D eigenvalue weighted by Crippen LogP contribution is 2.08. The first-order chi connectivity index (χ1) is 7.76. The van der Waals surface area contributed by atoms with Gasteiger partial charge in [0, 0.05) is 6.42 Å². The summed E-state index contributed by atoms with van der Waals surface area (Å²) in [5.74, 6) is 0.189. The van der Waals surface area contributed by atoms with Crippen LogP contribution in [-0.2, 0) is 4.79 Å². The topological polar surface area (TPSA) is 17.1 Å². The molecule has 1 rings (SSSR count). The Kier molecular flexibility index (Phi) is 5.27. The van der Waals surface area contributed by atoms with Gasteiger partial charge in [0.15, 0.2) is 5.78 Å². The summed E-state index contributed by atoms with van der Waals surface area (Å²) in [6.07, 6.45) is 7.25. The molecule has 0 N–H and O–H groups in total. The van der Waals surface area contributed by atoms with E-state index in [-0.39, 0.29) is 5.78 Å². The summed E-state index contributed by atoms with van der Waals surface area (Å²) in [7, 11) is 0. The number of carbonyl (C=O) groups is 1. The van der Waals surface area contributed by atoms with Gasteiger partial charge in [0.05, 0.1) is 0 Å². The van der Waals surface area contributed by atoms with Crippen molar-refractivity contribution in [2.75, 3.05) is 0 Å². The van der Waals surface area contributed by atoms with Crippen LogP contribution in [0.2, 0.25) is 0 Å². The summed E-state index contributed by atoms with van der Waals surface area (Å²) in [6, 6.07) is 10.1. The first-order valence-electron chi connectivity index (χ1n) is 5.72. The molecule has 1 heteroatoms. The molecule has 0 bridgehead atoms. The van der Waals surface area contributed by atoms with Gasteiger partial charge in [0.1, 0.15) is 0 Å². The molecule has 1 aromatic carbocycles. The lowest BCUT2D eigenvalue weighted by molar-refractivity contribution is -0.114. The maximum Gasteiger partial charge on any atom is 0.155 e. The molecule has 0 saturated heterocycles. The van der Waals surface area contributed by atoms with Crippen molar-refractivity contribution in [2.45, 2.75) is 26.7 Å². The predicted octanol–water partition coefficient (Wildman–Crippen LogP) is 4.02. The van der Waals surface area contributed by atoms with Crippen LogP contribution < -0.4 is 0 Å². The second-order valence-corrected chi connectivity index (χ2v) is 3.64. The van der Waals surface area contributed by atoms with Crippen LogP contribution in [0.25, 0.3) is 6.08 Å². The first-order valence-corrected chi connectivity index (χ1v) is 5.72. The molecule has 0 fully saturated rings. The van der Waals surface area contributed by atoms with E-state index in [9.17, 15) is 4.79 Å². The Morgan fingerprint density at radius 2 is 1.81 bits per heavy atom. The van der Waals surface area contributed by atoms with Crippen molar-refractivity contribution in [1.82, 2.24) is 0 Å². The zero-order valence-corrected chi connectivity index (χ0v) is 9.94. The molecule has 0 heterocycles. The molecule has 0 saturated carbocycles. The lowest BCUT2D eigenvalue weighted by atomic mass is 10.1. The van der Waals surface area contributed by atoms with Gasteiger partial charge in [0.25, 0.3) is 0 Å². The summed E-state index contributed by atoms with van der Waals surface area (Å²) in [5.41, 5.74) is 2.24. The van der Waals surface area contributed by atoms with Crippen molar-refractivity contribution in [3.63, 3.8) is 0 Å². The molecule has 0 radical (unpaired) electrons. The van der Waals surface area contributed by atoms with Crippen molar-refractivity contribution in [1.29, 1.82) is 0 Å². The number of carbonyl (C=O) groups excluding carboxylic acids is 1. The van der Waals surface area contributed by atoms with Crippen LogP contribution >= 0.6 is 0 Å². The number of ketones is 1. The summed E-state index contributed by atoms with van der Waals surface area (Å²) in [4.78, 5) is 11.3. The molecule has 1 nitrogen and oxygen atoms in total. The highest BCUT2D eigenvalue weighted by atomic mass is 16.1. The molecule has 0 aromatic heterocycles. The van der Waals surface area contributed by atoms with Crippen LogP contribution in [0.15, 0.2) is 48.1 Å². The summed E-state index contributed by atoms with van der Waals surface area (Å²) >= 11 is 0. The van der Waals surface area contributed by atoms with Gasteiger partial charge in [-0.15, -0.1) is 0 Å². The minimum atomic E-state index is 0.189. The molecule has 0 unspecified atom stereocenters. The van der Waals surface area contributed by atoms with Gasteiger partial charge in [-0.25, -0.2) is 0 Å². The third kappa shape index (κ3) is 4.26. The van der Waals surface area contributed by atoms with Gasteiger partial charge >= 0.3 is 0 Å². The summed E-state index contributed by atoms with van der Waals surface area (Å²) < 4.78 is 0. The van der Waals surface area contributed by atoms with Crippen LogP contribution in [-0.4, -0.2) is 5.78 Å². The second kappa shape index (κ2) is 6.78. The van der Waals surface area contributed by atoms with E-state index in [1.54, 1.807) is 6.08 Å². The number of allylic oxidation sites excluding steroid dienone is 3. The molecular weight excluding hydrogens is 196 g/mol. The molecule has 0 aliphatic rings. The maximum atomic E-state index is 11.3. The SMILES string of the molecule is CCC(=O)/C=C(/C=C/c1ccccc1)CC. The molecule has 16 heavy (non-hydrogen) atoms. The number of rotatable bonds is 5. The zero-order valence-electron chi connectivity index (χ0n) is 9.94. The van der Waals surface area contributed by atoms with Gasteiger partial charge in [-0.2, -0.15) is 0 Å².